The van der Waals surface area contributed by atoms with Crippen LogP contribution in [0.4, 0.5) is 5.95 Å². The molecule has 1 saturated heterocycles. The van der Waals surface area contributed by atoms with E-state index in [1.165, 1.54) is 16.3 Å². The van der Waals surface area contributed by atoms with Gasteiger partial charge in [-0.2, -0.15) is 0 Å². The molecule has 4 rings (SSSR count). The Hall–Kier alpha value is -3.15. The molecule has 0 unspecified atom stereocenters. The average molecular weight is 389 g/mol. The van der Waals surface area contributed by atoms with Gasteiger partial charge in [0.15, 0.2) is 5.96 Å². The van der Waals surface area contributed by atoms with E-state index in [1.54, 1.807) is 12.4 Å². The van der Waals surface area contributed by atoms with E-state index < -0.39 is 0 Å². The van der Waals surface area contributed by atoms with E-state index in [4.69, 9.17) is 4.99 Å². The first-order chi connectivity index (χ1) is 14.3. The average Bonchev–Trinajstić information content (AvgIpc) is 2.79. The summed E-state index contributed by atoms with van der Waals surface area (Å²) in [6.07, 6.45) is 4.54. The highest BCUT2D eigenvalue weighted by Crippen LogP contribution is 2.19. The monoisotopic (exact) mass is 388 g/mol. The summed E-state index contributed by atoms with van der Waals surface area (Å²) in [5.74, 6) is 1.81. The van der Waals surface area contributed by atoms with E-state index >= 15 is 0 Å². The first-order valence-electron chi connectivity index (χ1n) is 10.4. The summed E-state index contributed by atoms with van der Waals surface area (Å²) in [5.41, 5.74) is 1.36. The maximum absolute atomic E-state index is 4.92. The first-order valence-corrected chi connectivity index (χ1v) is 10.4. The summed E-state index contributed by atoms with van der Waals surface area (Å²) in [7, 11) is 0. The number of anilines is 1. The van der Waals surface area contributed by atoms with E-state index in [9.17, 15) is 0 Å². The highest BCUT2D eigenvalue weighted by Gasteiger charge is 2.20. The number of piperazine rings is 1. The molecule has 0 spiro atoms. The molecule has 150 valence electrons. The molecular formula is C23H28N6. The second-order valence-corrected chi connectivity index (χ2v) is 7.15. The van der Waals surface area contributed by atoms with E-state index in [-0.39, 0.29) is 0 Å². The Morgan fingerprint density at radius 1 is 0.966 bits per heavy atom. The molecule has 0 amide bonds. The van der Waals surface area contributed by atoms with Crippen molar-refractivity contribution >= 4 is 22.7 Å². The highest BCUT2D eigenvalue weighted by molar-refractivity contribution is 5.85. The van der Waals surface area contributed by atoms with Crippen molar-refractivity contribution in [1.29, 1.82) is 0 Å². The predicted molar refractivity (Wildman–Crippen MR) is 119 cm³/mol. The van der Waals surface area contributed by atoms with E-state index in [1.807, 2.05) is 6.07 Å². The van der Waals surface area contributed by atoms with Gasteiger partial charge in [-0.15, -0.1) is 0 Å². The Morgan fingerprint density at radius 3 is 2.52 bits per heavy atom. The zero-order valence-corrected chi connectivity index (χ0v) is 17.0. The molecule has 0 saturated carbocycles. The van der Waals surface area contributed by atoms with Crippen molar-refractivity contribution in [2.75, 3.05) is 44.2 Å². The molecule has 6 heteroatoms. The molecule has 6 nitrogen and oxygen atoms in total. The van der Waals surface area contributed by atoms with Gasteiger partial charge in [0.2, 0.25) is 5.95 Å². The summed E-state index contributed by atoms with van der Waals surface area (Å²) in [6.45, 7) is 7.40. The fourth-order valence-corrected chi connectivity index (χ4v) is 3.79. The van der Waals surface area contributed by atoms with Crippen molar-refractivity contribution in [2.45, 2.75) is 13.3 Å². The van der Waals surface area contributed by atoms with Crippen LogP contribution in [0.15, 0.2) is 65.9 Å². The summed E-state index contributed by atoms with van der Waals surface area (Å²) in [4.78, 5) is 18.2. The maximum Gasteiger partial charge on any atom is 0.225 e. The Bertz CT molecular complexity index is 943. The standard InChI is InChI=1S/C23H28N6/c1-2-24-22(28-15-17-29(18-16-28)23-25-12-6-13-26-23)27-14-11-20-9-5-8-19-7-3-4-10-21(19)20/h3-10,12-13H,2,11,14-18H2,1H3,(H,24,27). The first kappa shape index (κ1) is 19.2. The van der Waals surface area contributed by atoms with Crippen LogP contribution in [-0.2, 0) is 6.42 Å². The minimum atomic E-state index is 0.776. The Balaban J connectivity index is 1.39. The Morgan fingerprint density at radius 2 is 1.72 bits per heavy atom. The third-order valence-electron chi connectivity index (χ3n) is 5.27. The molecule has 0 radical (unpaired) electrons. The number of aromatic nitrogens is 2. The lowest BCUT2D eigenvalue weighted by molar-refractivity contribution is 0.370. The molecule has 2 aromatic carbocycles. The number of nitrogens with one attached hydrogen (secondary N) is 1. The lowest BCUT2D eigenvalue weighted by atomic mass is 10.0. The Labute approximate surface area is 172 Å². The van der Waals surface area contributed by atoms with Crippen molar-refractivity contribution in [2.24, 2.45) is 4.99 Å². The van der Waals surface area contributed by atoms with Crippen LogP contribution in [0.2, 0.25) is 0 Å². The number of nitrogens with zero attached hydrogens (tertiary/aromatic N) is 5. The van der Waals surface area contributed by atoms with E-state index in [0.29, 0.717) is 0 Å². The van der Waals surface area contributed by atoms with Crippen LogP contribution in [0.5, 0.6) is 0 Å². The van der Waals surface area contributed by atoms with Crippen molar-refractivity contribution in [3.8, 4) is 0 Å². The fraction of sp³-hybridized carbons (Fsp3) is 0.348. The minimum absolute atomic E-state index is 0.776. The second kappa shape index (κ2) is 9.37. The van der Waals surface area contributed by atoms with Gasteiger partial charge in [-0.1, -0.05) is 42.5 Å². The molecule has 0 atom stereocenters. The highest BCUT2D eigenvalue weighted by atomic mass is 15.4. The number of hydrogen-bond donors (Lipinski definition) is 1. The number of guanidine groups is 1. The lowest BCUT2D eigenvalue weighted by Gasteiger charge is -2.36. The zero-order valence-electron chi connectivity index (χ0n) is 17.0. The smallest absolute Gasteiger partial charge is 0.225 e. The van der Waals surface area contributed by atoms with Crippen LogP contribution in [0.25, 0.3) is 10.8 Å². The number of hydrogen-bond acceptors (Lipinski definition) is 4. The SMILES string of the molecule is CCNC(=NCCc1cccc2ccccc12)N1CCN(c2ncccn2)CC1. The van der Waals surface area contributed by atoms with Crippen LogP contribution in [0.1, 0.15) is 12.5 Å². The van der Waals surface area contributed by atoms with Crippen LogP contribution < -0.4 is 10.2 Å². The van der Waals surface area contributed by atoms with Crippen molar-refractivity contribution in [1.82, 2.24) is 20.2 Å². The van der Waals surface area contributed by atoms with Crippen LogP contribution in [0.3, 0.4) is 0 Å². The molecule has 1 aliphatic rings. The van der Waals surface area contributed by atoms with Gasteiger partial charge in [0, 0.05) is 51.7 Å². The predicted octanol–water partition coefficient (Wildman–Crippen LogP) is 2.96. The Kier molecular flexibility index (Phi) is 6.19. The van der Waals surface area contributed by atoms with Gasteiger partial charge in [0.1, 0.15) is 0 Å². The molecule has 1 aliphatic heterocycles. The molecule has 3 aromatic rings. The molecule has 0 bridgehead atoms. The van der Waals surface area contributed by atoms with Gasteiger partial charge in [0.05, 0.1) is 0 Å². The summed E-state index contributed by atoms with van der Waals surface area (Å²) >= 11 is 0. The molecule has 1 aromatic heterocycles. The molecular weight excluding hydrogens is 360 g/mol. The fourth-order valence-electron chi connectivity index (χ4n) is 3.79. The van der Waals surface area contributed by atoms with Crippen LogP contribution in [0, 0.1) is 0 Å². The van der Waals surface area contributed by atoms with Gasteiger partial charge in [-0.05, 0) is 35.7 Å². The molecule has 2 heterocycles. The minimum Gasteiger partial charge on any atom is -0.357 e. The maximum atomic E-state index is 4.92. The molecule has 0 aliphatic carbocycles. The quantitative estimate of drug-likeness (QED) is 0.538. The normalized spacial score (nSPS) is 15.0. The lowest BCUT2D eigenvalue weighted by Crippen LogP contribution is -2.53. The van der Waals surface area contributed by atoms with E-state index in [0.717, 1.165) is 57.6 Å². The number of aliphatic imine (C=N–C) groups is 1. The third kappa shape index (κ3) is 4.65. The van der Waals surface area contributed by atoms with Crippen molar-refractivity contribution in [3.05, 3.63) is 66.5 Å². The second-order valence-electron chi connectivity index (χ2n) is 7.15. The largest absolute Gasteiger partial charge is 0.357 e. The van der Waals surface area contributed by atoms with Crippen LogP contribution in [-0.4, -0.2) is 60.1 Å². The van der Waals surface area contributed by atoms with Crippen LogP contribution >= 0.6 is 0 Å². The third-order valence-corrected chi connectivity index (χ3v) is 5.27. The summed E-state index contributed by atoms with van der Waals surface area (Å²) in [5, 5.41) is 6.07. The van der Waals surface area contributed by atoms with Gasteiger partial charge in [0.25, 0.3) is 0 Å². The topological polar surface area (TPSA) is 56.7 Å². The molecule has 1 N–H and O–H groups in total. The molecule has 29 heavy (non-hydrogen) atoms. The van der Waals surface area contributed by atoms with E-state index in [2.05, 4.69) is 74.5 Å². The van der Waals surface area contributed by atoms with Gasteiger partial charge >= 0.3 is 0 Å². The molecule has 1 fully saturated rings. The van der Waals surface area contributed by atoms with Crippen molar-refractivity contribution in [3.63, 3.8) is 0 Å². The van der Waals surface area contributed by atoms with Crippen molar-refractivity contribution < 1.29 is 0 Å². The number of fused-ring (bicyclic) bond motifs is 1. The van der Waals surface area contributed by atoms with Gasteiger partial charge in [-0.25, -0.2) is 9.97 Å². The summed E-state index contributed by atoms with van der Waals surface area (Å²) in [6, 6.07) is 16.9. The summed E-state index contributed by atoms with van der Waals surface area (Å²) < 4.78 is 0. The number of benzene rings is 2. The number of rotatable bonds is 5. The van der Waals surface area contributed by atoms with Gasteiger partial charge < -0.3 is 15.1 Å². The van der Waals surface area contributed by atoms with Gasteiger partial charge in [-0.3, -0.25) is 4.99 Å². The zero-order chi connectivity index (χ0) is 19.9.